The summed E-state index contributed by atoms with van der Waals surface area (Å²) in [6, 6.07) is 0. The van der Waals surface area contributed by atoms with Crippen LogP contribution in [0.25, 0.3) is 0 Å². The fraction of sp³-hybridized carbons (Fsp3) is 0.708. The van der Waals surface area contributed by atoms with Crippen LogP contribution in [0.3, 0.4) is 0 Å². The molecule has 1 unspecified atom stereocenters. The molecule has 0 bridgehead atoms. The number of halogens is 3. The Hall–Kier alpha value is -1.50. The molecule has 1 saturated carbocycles. The molecule has 2 aromatic heterocycles. The van der Waals surface area contributed by atoms with Crippen molar-refractivity contribution in [3.8, 4) is 0 Å². The summed E-state index contributed by atoms with van der Waals surface area (Å²) >= 11 is 0.737. The molecular formula is C24H32F3N3O4S. The van der Waals surface area contributed by atoms with Crippen molar-refractivity contribution >= 4 is 11.3 Å². The van der Waals surface area contributed by atoms with E-state index >= 15 is 0 Å². The van der Waals surface area contributed by atoms with Crippen molar-refractivity contribution in [2.45, 2.75) is 88.1 Å². The summed E-state index contributed by atoms with van der Waals surface area (Å²) in [5.74, 6) is 0. The summed E-state index contributed by atoms with van der Waals surface area (Å²) in [5.41, 5.74) is -0.147. The largest absolute Gasteiger partial charge is 0.425 e. The highest BCUT2D eigenvalue weighted by molar-refractivity contribution is 7.12. The molecule has 2 fully saturated rings. The molecule has 5 rings (SSSR count). The zero-order valence-corrected chi connectivity index (χ0v) is 20.4. The van der Waals surface area contributed by atoms with E-state index in [4.69, 9.17) is 4.74 Å². The van der Waals surface area contributed by atoms with Crippen molar-refractivity contribution in [3.63, 3.8) is 0 Å². The van der Waals surface area contributed by atoms with Crippen LogP contribution in [0.1, 0.15) is 65.0 Å². The lowest BCUT2D eigenvalue weighted by Crippen LogP contribution is -2.45. The maximum absolute atomic E-state index is 13.6. The van der Waals surface area contributed by atoms with Crippen molar-refractivity contribution in [2.24, 2.45) is 0 Å². The lowest BCUT2D eigenvalue weighted by atomic mass is 9.84. The van der Waals surface area contributed by atoms with Crippen molar-refractivity contribution < 1.29 is 33.2 Å². The van der Waals surface area contributed by atoms with E-state index < -0.39 is 35.0 Å². The van der Waals surface area contributed by atoms with E-state index in [-0.39, 0.29) is 12.1 Å². The van der Waals surface area contributed by atoms with Gasteiger partial charge in [0, 0.05) is 41.8 Å². The third kappa shape index (κ3) is 4.78. The Labute approximate surface area is 206 Å². The van der Waals surface area contributed by atoms with Gasteiger partial charge >= 0.3 is 6.18 Å². The number of hydrogen-bond donors (Lipinski definition) is 3. The maximum Gasteiger partial charge on any atom is 0.425 e. The normalized spacial score (nSPS) is 23.0. The quantitative estimate of drug-likeness (QED) is 0.548. The Morgan fingerprint density at radius 1 is 1.17 bits per heavy atom. The first-order valence-corrected chi connectivity index (χ1v) is 13.1. The standard InChI is InChI=1S/C24H32F3N3O4S/c25-24(26,27)21-18(15-31)17-3-10-34-23(20(17)35-21)6-8-29(9-7-23)12-16-11-28-30(13-16)14-19(32)22(33)4-1-2-5-22/h11,13,19,31-33H,1-10,12,14-15H2. The lowest BCUT2D eigenvalue weighted by molar-refractivity contribution is -0.135. The third-order valence-corrected chi connectivity index (χ3v) is 9.39. The number of aromatic nitrogens is 2. The molecule has 1 aliphatic carbocycles. The minimum atomic E-state index is -4.48. The van der Waals surface area contributed by atoms with Gasteiger partial charge in [0.2, 0.25) is 0 Å². The van der Waals surface area contributed by atoms with Crippen LogP contribution in [0.2, 0.25) is 0 Å². The Balaban J connectivity index is 1.23. The molecule has 1 spiro atoms. The summed E-state index contributed by atoms with van der Waals surface area (Å²) in [6.45, 7) is 1.96. The second-order valence-electron chi connectivity index (χ2n) is 10.1. The van der Waals surface area contributed by atoms with Crippen molar-refractivity contribution in [1.82, 2.24) is 14.7 Å². The van der Waals surface area contributed by atoms with Gasteiger partial charge in [0.05, 0.1) is 31.6 Å². The molecular weight excluding hydrogens is 483 g/mol. The SMILES string of the molecule is OCc1c(C(F)(F)F)sc2c1CCOC21CCN(Cc2cnn(CC(O)C3(O)CCCC3)c2)CC1. The number of piperidine rings is 1. The molecule has 1 atom stereocenters. The molecule has 11 heteroatoms. The summed E-state index contributed by atoms with van der Waals surface area (Å²) in [6.07, 6.45) is 2.91. The van der Waals surface area contributed by atoms with E-state index in [1.807, 2.05) is 6.20 Å². The minimum absolute atomic E-state index is 0.0134. The van der Waals surface area contributed by atoms with Gasteiger partial charge in [-0.05, 0) is 37.7 Å². The second-order valence-corrected chi connectivity index (χ2v) is 11.2. The molecule has 35 heavy (non-hydrogen) atoms. The molecule has 2 aliphatic heterocycles. The summed E-state index contributed by atoms with van der Waals surface area (Å²) < 4.78 is 48.5. The Bertz CT molecular complexity index is 1040. The average Bonchev–Trinajstić information content (AvgIpc) is 3.54. The van der Waals surface area contributed by atoms with Crippen LogP contribution in [-0.2, 0) is 42.6 Å². The molecule has 4 heterocycles. The van der Waals surface area contributed by atoms with Gasteiger partial charge in [-0.25, -0.2) is 0 Å². The van der Waals surface area contributed by atoms with Gasteiger partial charge in [-0.2, -0.15) is 18.3 Å². The van der Waals surface area contributed by atoms with Crippen molar-refractivity contribution in [2.75, 3.05) is 19.7 Å². The van der Waals surface area contributed by atoms with E-state index in [9.17, 15) is 28.5 Å². The van der Waals surface area contributed by atoms with Gasteiger partial charge in [0.1, 0.15) is 16.6 Å². The summed E-state index contributed by atoms with van der Waals surface area (Å²) in [5, 5.41) is 35.1. The molecule has 7 nitrogen and oxygen atoms in total. The number of aliphatic hydroxyl groups is 3. The average molecular weight is 516 g/mol. The number of ether oxygens (including phenoxy) is 1. The minimum Gasteiger partial charge on any atom is -0.392 e. The van der Waals surface area contributed by atoms with Crippen LogP contribution in [0.5, 0.6) is 0 Å². The molecule has 2 aromatic rings. The highest BCUT2D eigenvalue weighted by Crippen LogP contribution is 2.50. The van der Waals surface area contributed by atoms with Crippen LogP contribution < -0.4 is 0 Å². The van der Waals surface area contributed by atoms with Crippen molar-refractivity contribution in [3.05, 3.63) is 38.8 Å². The van der Waals surface area contributed by atoms with Gasteiger partial charge in [0.15, 0.2) is 0 Å². The van der Waals surface area contributed by atoms with E-state index in [0.29, 0.717) is 68.8 Å². The van der Waals surface area contributed by atoms with Gasteiger partial charge in [-0.3, -0.25) is 9.58 Å². The first kappa shape index (κ1) is 25.2. The number of nitrogens with zero attached hydrogens (tertiary/aromatic N) is 3. The van der Waals surface area contributed by atoms with Crippen molar-refractivity contribution in [1.29, 1.82) is 0 Å². The number of alkyl halides is 3. The molecule has 0 radical (unpaired) electrons. The van der Waals surface area contributed by atoms with E-state index in [2.05, 4.69) is 10.00 Å². The van der Waals surface area contributed by atoms with Gasteiger partial charge in [0.25, 0.3) is 0 Å². The highest BCUT2D eigenvalue weighted by atomic mass is 32.1. The lowest BCUT2D eigenvalue weighted by Gasteiger charge is -2.43. The number of fused-ring (bicyclic) bond motifs is 2. The Morgan fingerprint density at radius 2 is 1.89 bits per heavy atom. The number of thiophene rings is 1. The number of aliphatic hydroxyl groups excluding tert-OH is 2. The van der Waals surface area contributed by atoms with Crippen LogP contribution in [0.4, 0.5) is 13.2 Å². The maximum atomic E-state index is 13.6. The fourth-order valence-corrected chi connectivity index (χ4v) is 7.33. The first-order valence-electron chi connectivity index (χ1n) is 12.2. The predicted octanol–water partition coefficient (Wildman–Crippen LogP) is 3.19. The van der Waals surface area contributed by atoms with E-state index in [0.717, 1.165) is 29.7 Å². The zero-order chi connectivity index (χ0) is 24.8. The number of likely N-dealkylation sites (tertiary alicyclic amines) is 1. The van der Waals surface area contributed by atoms with Crippen LogP contribution in [-0.4, -0.2) is 61.4 Å². The zero-order valence-electron chi connectivity index (χ0n) is 19.6. The smallest absolute Gasteiger partial charge is 0.392 e. The Kier molecular flexibility index (Phi) is 6.77. The highest BCUT2D eigenvalue weighted by Gasteiger charge is 2.47. The number of hydrogen-bond acceptors (Lipinski definition) is 7. The third-order valence-electron chi connectivity index (χ3n) is 7.88. The molecule has 1 saturated heterocycles. The van der Waals surface area contributed by atoms with Crippen LogP contribution in [0, 0.1) is 0 Å². The summed E-state index contributed by atoms with van der Waals surface area (Å²) in [4.78, 5) is 2.16. The predicted molar refractivity (Wildman–Crippen MR) is 123 cm³/mol. The number of rotatable bonds is 6. The monoisotopic (exact) mass is 515 g/mol. The van der Waals surface area contributed by atoms with Gasteiger partial charge in [-0.1, -0.05) is 12.8 Å². The summed E-state index contributed by atoms with van der Waals surface area (Å²) in [7, 11) is 0. The molecule has 3 aliphatic rings. The topological polar surface area (TPSA) is 91.0 Å². The van der Waals surface area contributed by atoms with E-state index in [1.54, 1.807) is 10.9 Å². The first-order chi connectivity index (χ1) is 16.6. The van der Waals surface area contributed by atoms with Gasteiger partial charge in [-0.15, -0.1) is 11.3 Å². The Morgan fingerprint density at radius 3 is 2.54 bits per heavy atom. The molecule has 194 valence electrons. The molecule has 0 aromatic carbocycles. The second kappa shape index (κ2) is 9.42. The molecule has 3 N–H and O–H groups in total. The van der Waals surface area contributed by atoms with Crippen LogP contribution in [0.15, 0.2) is 12.4 Å². The van der Waals surface area contributed by atoms with Crippen LogP contribution >= 0.6 is 11.3 Å². The fourth-order valence-electron chi connectivity index (χ4n) is 5.90. The molecule has 0 amide bonds. The van der Waals surface area contributed by atoms with Gasteiger partial charge < -0.3 is 20.1 Å². The van der Waals surface area contributed by atoms with E-state index in [1.165, 1.54) is 0 Å².